The summed E-state index contributed by atoms with van der Waals surface area (Å²) >= 11 is 0. The van der Waals surface area contributed by atoms with Crippen LogP contribution in [0.2, 0.25) is 0 Å². The maximum absolute atomic E-state index is 12.1. The summed E-state index contributed by atoms with van der Waals surface area (Å²) in [5.74, 6) is 0.460. The van der Waals surface area contributed by atoms with Gasteiger partial charge < -0.3 is 10.2 Å². The van der Waals surface area contributed by atoms with Crippen LogP contribution in [0.4, 0.5) is 4.79 Å². The van der Waals surface area contributed by atoms with Crippen molar-refractivity contribution in [2.24, 2.45) is 5.92 Å². The molecule has 1 N–H and O–H groups in total. The molecular formula is C17H26N2O. The van der Waals surface area contributed by atoms with Gasteiger partial charge in [-0.15, -0.1) is 0 Å². The van der Waals surface area contributed by atoms with Crippen molar-refractivity contribution in [2.45, 2.75) is 27.7 Å². The number of benzene rings is 1. The number of amides is 2. The van der Waals surface area contributed by atoms with Crippen molar-refractivity contribution in [1.29, 1.82) is 0 Å². The van der Waals surface area contributed by atoms with Crippen LogP contribution < -0.4 is 5.32 Å². The van der Waals surface area contributed by atoms with E-state index < -0.39 is 0 Å². The quantitative estimate of drug-likeness (QED) is 0.841. The molecule has 1 rings (SSSR count). The number of hydrogen-bond donors (Lipinski definition) is 1. The van der Waals surface area contributed by atoms with Gasteiger partial charge in [-0.1, -0.05) is 55.8 Å². The van der Waals surface area contributed by atoms with Gasteiger partial charge in [-0.25, -0.2) is 4.79 Å². The molecule has 0 unspecified atom stereocenters. The molecule has 20 heavy (non-hydrogen) atoms. The highest BCUT2D eigenvalue weighted by molar-refractivity contribution is 5.74. The van der Waals surface area contributed by atoms with Gasteiger partial charge in [0.15, 0.2) is 0 Å². The zero-order chi connectivity index (χ0) is 15.0. The number of carbonyl (C=O) groups is 1. The average Bonchev–Trinajstić information content (AvgIpc) is 2.38. The molecule has 0 radical (unpaired) electrons. The maximum atomic E-state index is 12.1. The van der Waals surface area contributed by atoms with Gasteiger partial charge in [0.2, 0.25) is 0 Å². The summed E-state index contributed by atoms with van der Waals surface area (Å²) in [4.78, 5) is 13.9. The van der Waals surface area contributed by atoms with Crippen molar-refractivity contribution in [3.05, 3.63) is 41.5 Å². The fourth-order valence-electron chi connectivity index (χ4n) is 2.10. The van der Waals surface area contributed by atoms with Gasteiger partial charge in [0.1, 0.15) is 0 Å². The van der Waals surface area contributed by atoms with E-state index in [-0.39, 0.29) is 6.03 Å². The number of rotatable bonds is 6. The van der Waals surface area contributed by atoms with Crippen molar-refractivity contribution in [2.75, 3.05) is 19.6 Å². The van der Waals surface area contributed by atoms with E-state index in [4.69, 9.17) is 0 Å². The topological polar surface area (TPSA) is 32.3 Å². The van der Waals surface area contributed by atoms with E-state index in [0.29, 0.717) is 19.0 Å². The second-order valence-corrected chi connectivity index (χ2v) is 5.51. The highest BCUT2D eigenvalue weighted by Gasteiger charge is 2.14. The lowest BCUT2D eigenvalue weighted by Crippen LogP contribution is -2.42. The summed E-state index contributed by atoms with van der Waals surface area (Å²) in [6.45, 7) is 10.4. The molecule has 3 nitrogen and oxygen atoms in total. The molecule has 2 amide bonds. The molecule has 1 aromatic rings. The fourth-order valence-corrected chi connectivity index (χ4v) is 2.10. The van der Waals surface area contributed by atoms with Crippen molar-refractivity contribution in [3.63, 3.8) is 0 Å². The van der Waals surface area contributed by atoms with Crippen molar-refractivity contribution in [3.8, 4) is 0 Å². The third-order valence-electron chi connectivity index (χ3n) is 2.85. The lowest BCUT2D eigenvalue weighted by Gasteiger charge is -2.25. The Morgan fingerprint density at radius 3 is 2.50 bits per heavy atom. The van der Waals surface area contributed by atoms with Crippen LogP contribution in [0.15, 0.2) is 35.9 Å². The Kier molecular flexibility index (Phi) is 6.85. The van der Waals surface area contributed by atoms with E-state index in [0.717, 1.165) is 6.54 Å². The van der Waals surface area contributed by atoms with Crippen LogP contribution in [0.25, 0.3) is 6.08 Å². The van der Waals surface area contributed by atoms with Gasteiger partial charge in [-0.3, -0.25) is 0 Å². The van der Waals surface area contributed by atoms with Crippen molar-refractivity contribution < 1.29 is 4.79 Å². The monoisotopic (exact) mass is 274 g/mol. The first-order chi connectivity index (χ1) is 9.52. The van der Waals surface area contributed by atoms with Crippen LogP contribution in [-0.4, -0.2) is 30.6 Å². The lowest BCUT2D eigenvalue weighted by atomic mass is 10.1. The molecular weight excluding hydrogens is 248 g/mol. The Morgan fingerprint density at radius 2 is 1.95 bits per heavy atom. The summed E-state index contributed by atoms with van der Waals surface area (Å²) < 4.78 is 0. The Labute approximate surface area is 122 Å². The van der Waals surface area contributed by atoms with Gasteiger partial charge >= 0.3 is 6.03 Å². The highest BCUT2D eigenvalue weighted by atomic mass is 16.2. The van der Waals surface area contributed by atoms with Crippen LogP contribution in [0.3, 0.4) is 0 Å². The van der Waals surface area contributed by atoms with Crippen molar-refractivity contribution >= 4 is 12.1 Å². The molecule has 0 atom stereocenters. The first-order valence-corrected chi connectivity index (χ1v) is 7.28. The number of nitrogens with one attached hydrogen (secondary N) is 1. The predicted octanol–water partition coefficient (Wildman–Crippen LogP) is 3.78. The Balaban J connectivity index is 2.73. The van der Waals surface area contributed by atoms with E-state index in [1.165, 1.54) is 11.1 Å². The second-order valence-electron chi connectivity index (χ2n) is 5.51. The normalized spacial score (nSPS) is 11.6. The van der Waals surface area contributed by atoms with Crippen LogP contribution in [0, 0.1) is 5.92 Å². The fraction of sp³-hybridized carbons (Fsp3) is 0.471. The molecule has 0 aromatic heterocycles. The molecule has 0 fully saturated rings. The minimum Gasteiger partial charge on any atom is -0.338 e. The number of carbonyl (C=O) groups excluding carboxylic acids is 1. The van der Waals surface area contributed by atoms with Crippen LogP contribution >= 0.6 is 0 Å². The van der Waals surface area contributed by atoms with Crippen molar-refractivity contribution in [1.82, 2.24) is 10.2 Å². The number of urea groups is 1. The summed E-state index contributed by atoms with van der Waals surface area (Å²) in [7, 11) is 0. The first-order valence-electron chi connectivity index (χ1n) is 7.28. The van der Waals surface area contributed by atoms with E-state index in [1.807, 2.05) is 30.0 Å². The maximum Gasteiger partial charge on any atom is 0.317 e. The predicted molar refractivity (Wildman–Crippen MR) is 85.6 cm³/mol. The van der Waals surface area contributed by atoms with Gasteiger partial charge in [0.25, 0.3) is 0 Å². The van der Waals surface area contributed by atoms with E-state index in [1.54, 1.807) is 0 Å². The minimum absolute atomic E-state index is 0.0158. The summed E-state index contributed by atoms with van der Waals surface area (Å²) in [6.07, 6.45) is 2.13. The SMILES string of the molecule is CCNC(=O)N(C/C(C)=C/c1ccccc1)CC(C)C. The molecule has 0 aliphatic rings. The third-order valence-corrected chi connectivity index (χ3v) is 2.85. The molecule has 1 aromatic carbocycles. The zero-order valence-electron chi connectivity index (χ0n) is 13.0. The zero-order valence-corrected chi connectivity index (χ0v) is 13.0. The highest BCUT2D eigenvalue weighted by Crippen LogP contribution is 2.09. The second kappa shape index (κ2) is 8.41. The summed E-state index contributed by atoms with van der Waals surface area (Å²) in [6, 6.07) is 10.2. The summed E-state index contributed by atoms with van der Waals surface area (Å²) in [5, 5.41) is 2.88. The smallest absolute Gasteiger partial charge is 0.317 e. The van der Waals surface area contributed by atoms with E-state index >= 15 is 0 Å². The first kappa shape index (κ1) is 16.3. The molecule has 0 saturated carbocycles. The summed E-state index contributed by atoms with van der Waals surface area (Å²) in [5.41, 5.74) is 2.36. The van der Waals surface area contributed by atoms with Crippen LogP contribution in [0.5, 0.6) is 0 Å². The Bertz CT molecular complexity index is 438. The largest absolute Gasteiger partial charge is 0.338 e. The molecule has 0 heterocycles. The minimum atomic E-state index is 0.0158. The molecule has 110 valence electrons. The molecule has 0 saturated heterocycles. The average molecular weight is 274 g/mol. The number of nitrogens with zero attached hydrogens (tertiary/aromatic N) is 1. The molecule has 0 spiro atoms. The number of hydrogen-bond acceptors (Lipinski definition) is 1. The van der Waals surface area contributed by atoms with Gasteiger partial charge in [-0.2, -0.15) is 0 Å². The van der Waals surface area contributed by atoms with Gasteiger partial charge in [0.05, 0.1) is 0 Å². The molecule has 0 bridgehead atoms. The molecule has 0 aliphatic heterocycles. The van der Waals surface area contributed by atoms with Gasteiger partial charge in [-0.05, 0) is 25.3 Å². The third kappa shape index (κ3) is 5.91. The Morgan fingerprint density at radius 1 is 1.30 bits per heavy atom. The molecule has 0 aliphatic carbocycles. The standard InChI is InChI=1S/C17H26N2O/c1-5-18-17(20)19(12-14(2)3)13-15(4)11-16-9-7-6-8-10-16/h6-11,14H,5,12-13H2,1-4H3,(H,18,20)/b15-11+. The van der Waals surface area contributed by atoms with Crippen LogP contribution in [0.1, 0.15) is 33.3 Å². The van der Waals surface area contributed by atoms with Gasteiger partial charge in [0, 0.05) is 19.6 Å². The van der Waals surface area contributed by atoms with Crippen LogP contribution in [-0.2, 0) is 0 Å². The van der Waals surface area contributed by atoms with E-state index in [2.05, 4.69) is 44.3 Å². The Hall–Kier alpha value is -1.77. The molecule has 3 heteroatoms. The van der Waals surface area contributed by atoms with E-state index in [9.17, 15) is 4.79 Å². The lowest BCUT2D eigenvalue weighted by molar-refractivity contribution is 0.196.